The average molecular weight is 1440 g/mol. The van der Waals surface area contributed by atoms with Crippen LogP contribution < -0.4 is 0 Å². The van der Waals surface area contributed by atoms with E-state index in [2.05, 4.69) is 41.5 Å². The molecular weight excluding hydrogens is 1280 g/mol. The summed E-state index contributed by atoms with van der Waals surface area (Å²) in [6.45, 7) is 9.67. The predicted molar refractivity (Wildman–Crippen MR) is 400 cm³/mol. The van der Waals surface area contributed by atoms with Crippen molar-refractivity contribution in [3.05, 3.63) is 0 Å². The number of carbonyl (C=O) groups is 4. The van der Waals surface area contributed by atoms with Gasteiger partial charge in [-0.2, -0.15) is 0 Å². The van der Waals surface area contributed by atoms with Crippen LogP contribution in [-0.4, -0.2) is 96.7 Å². The molecule has 0 bridgehead atoms. The topological polar surface area (TPSA) is 237 Å². The molecule has 0 amide bonds. The summed E-state index contributed by atoms with van der Waals surface area (Å²) in [4.78, 5) is 72.8. The lowest BCUT2D eigenvalue weighted by molar-refractivity contribution is -0.161. The number of carbonyl (C=O) groups excluding carboxylic acids is 4. The summed E-state index contributed by atoms with van der Waals surface area (Å²) < 4.78 is 68.5. The Morgan fingerprint density at radius 2 is 0.520 bits per heavy atom. The second-order valence-corrected chi connectivity index (χ2v) is 32.1. The van der Waals surface area contributed by atoms with Crippen LogP contribution in [0.25, 0.3) is 0 Å². The van der Waals surface area contributed by atoms with Gasteiger partial charge in [-0.1, -0.05) is 363 Å². The van der Waals surface area contributed by atoms with Crippen molar-refractivity contribution >= 4 is 39.5 Å². The van der Waals surface area contributed by atoms with Gasteiger partial charge in [-0.15, -0.1) is 0 Å². The van der Waals surface area contributed by atoms with E-state index in [0.29, 0.717) is 25.7 Å². The lowest BCUT2D eigenvalue weighted by Crippen LogP contribution is -2.30. The molecule has 0 aliphatic heterocycles. The van der Waals surface area contributed by atoms with E-state index in [1.165, 1.54) is 225 Å². The van der Waals surface area contributed by atoms with Crippen LogP contribution in [0.15, 0.2) is 0 Å². The Morgan fingerprint density at radius 1 is 0.296 bits per heavy atom. The fourth-order valence-corrected chi connectivity index (χ4v) is 13.7. The van der Waals surface area contributed by atoms with Crippen LogP contribution in [0.4, 0.5) is 0 Å². The molecule has 0 aliphatic rings. The monoisotopic (exact) mass is 1440 g/mol. The minimum Gasteiger partial charge on any atom is -0.462 e. The molecule has 6 atom stereocenters. The summed E-state index contributed by atoms with van der Waals surface area (Å²) in [6.07, 6.45) is 59.7. The maximum Gasteiger partial charge on any atom is 0.472 e. The first-order valence-electron chi connectivity index (χ1n) is 41.0. The number of aliphatic hydroxyl groups excluding tert-OH is 1. The summed E-state index contributed by atoms with van der Waals surface area (Å²) in [6, 6.07) is 0. The van der Waals surface area contributed by atoms with E-state index in [9.17, 15) is 43.2 Å². The highest BCUT2D eigenvalue weighted by molar-refractivity contribution is 7.47. The third-order valence-electron chi connectivity index (χ3n) is 18.8. The molecule has 0 aromatic carbocycles. The van der Waals surface area contributed by atoms with Crippen LogP contribution >= 0.6 is 15.6 Å². The number of unbranched alkanes of at least 4 members (excludes halogenated alkanes) is 47. The summed E-state index contributed by atoms with van der Waals surface area (Å²) in [5, 5.41) is 10.6. The zero-order valence-electron chi connectivity index (χ0n) is 64.1. The van der Waals surface area contributed by atoms with Gasteiger partial charge >= 0.3 is 39.5 Å². The number of hydrogen-bond acceptors (Lipinski definition) is 15. The molecule has 3 unspecified atom stereocenters. The zero-order chi connectivity index (χ0) is 72.1. The second kappa shape index (κ2) is 70.7. The van der Waals surface area contributed by atoms with Gasteiger partial charge < -0.3 is 33.8 Å². The van der Waals surface area contributed by atoms with E-state index in [1.54, 1.807) is 0 Å². The fourth-order valence-electron chi connectivity index (χ4n) is 12.2. The molecule has 0 spiro atoms. The van der Waals surface area contributed by atoms with E-state index in [0.717, 1.165) is 108 Å². The first kappa shape index (κ1) is 96.1. The molecule has 0 saturated carbocycles. The maximum atomic E-state index is 13.1. The van der Waals surface area contributed by atoms with Crippen LogP contribution in [0.3, 0.4) is 0 Å². The van der Waals surface area contributed by atoms with Gasteiger partial charge in [0.15, 0.2) is 12.2 Å². The van der Waals surface area contributed by atoms with E-state index >= 15 is 0 Å². The van der Waals surface area contributed by atoms with E-state index in [-0.39, 0.29) is 25.7 Å². The molecule has 582 valence electrons. The normalized spacial score (nSPS) is 14.2. The highest BCUT2D eigenvalue weighted by Crippen LogP contribution is 2.45. The largest absolute Gasteiger partial charge is 0.472 e. The highest BCUT2D eigenvalue weighted by Gasteiger charge is 2.30. The molecule has 0 fully saturated rings. The van der Waals surface area contributed by atoms with Crippen molar-refractivity contribution in [3.8, 4) is 0 Å². The first-order valence-corrected chi connectivity index (χ1v) is 44.0. The number of hydrogen-bond donors (Lipinski definition) is 3. The third kappa shape index (κ3) is 71.1. The number of esters is 4. The second-order valence-electron chi connectivity index (χ2n) is 29.2. The van der Waals surface area contributed by atoms with Crippen LogP contribution in [0, 0.1) is 11.8 Å². The van der Waals surface area contributed by atoms with Gasteiger partial charge in [-0.05, 0) is 37.5 Å². The molecule has 3 N–H and O–H groups in total. The van der Waals surface area contributed by atoms with Crippen molar-refractivity contribution in [2.45, 2.75) is 432 Å². The van der Waals surface area contributed by atoms with Crippen molar-refractivity contribution in [2.75, 3.05) is 39.6 Å². The Hall–Kier alpha value is -1.94. The Kier molecular flexibility index (Phi) is 69.3. The van der Waals surface area contributed by atoms with E-state index < -0.39 is 97.5 Å². The molecule has 17 nitrogen and oxygen atoms in total. The maximum absolute atomic E-state index is 13.1. The van der Waals surface area contributed by atoms with E-state index in [4.69, 9.17) is 37.0 Å². The van der Waals surface area contributed by atoms with Crippen LogP contribution in [0.2, 0.25) is 0 Å². The quantitative estimate of drug-likeness (QED) is 0.0222. The van der Waals surface area contributed by atoms with Crippen molar-refractivity contribution in [3.63, 3.8) is 0 Å². The van der Waals surface area contributed by atoms with Crippen molar-refractivity contribution < 1.29 is 80.2 Å². The van der Waals surface area contributed by atoms with Gasteiger partial charge in [0.25, 0.3) is 0 Å². The van der Waals surface area contributed by atoms with Gasteiger partial charge in [0.05, 0.1) is 26.4 Å². The summed E-state index contributed by atoms with van der Waals surface area (Å²) >= 11 is 0. The number of phosphoric acid groups is 2. The van der Waals surface area contributed by atoms with Gasteiger partial charge in [0.2, 0.25) is 0 Å². The van der Waals surface area contributed by atoms with E-state index in [1.807, 2.05) is 0 Å². The Labute approximate surface area is 600 Å². The number of rotatable bonds is 78. The molecule has 19 heteroatoms. The zero-order valence-corrected chi connectivity index (χ0v) is 65.9. The summed E-state index contributed by atoms with van der Waals surface area (Å²) in [5.41, 5.74) is 0. The lowest BCUT2D eigenvalue weighted by Gasteiger charge is -2.21. The van der Waals surface area contributed by atoms with Gasteiger partial charge in [-0.25, -0.2) is 9.13 Å². The molecule has 0 aromatic heterocycles. The highest BCUT2D eigenvalue weighted by atomic mass is 31.2. The van der Waals surface area contributed by atoms with Gasteiger partial charge in [0, 0.05) is 25.7 Å². The molecule has 98 heavy (non-hydrogen) atoms. The number of phosphoric ester groups is 2. The Bertz CT molecular complexity index is 1890. The average Bonchev–Trinajstić information content (AvgIpc) is 0.984. The first-order chi connectivity index (χ1) is 47.4. The van der Waals surface area contributed by atoms with Gasteiger partial charge in [-0.3, -0.25) is 37.3 Å². The van der Waals surface area contributed by atoms with Crippen LogP contribution in [0.1, 0.15) is 414 Å². The molecule has 0 heterocycles. The molecular formula is C79H154O17P2. The molecule has 0 saturated heterocycles. The smallest absolute Gasteiger partial charge is 0.462 e. The predicted octanol–water partition coefficient (Wildman–Crippen LogP) is 23.5. The van der Waals surface area contributed by atoms with Crippen molar-refractivity contribution in [2.24, 2.45) is 11.8 Å². The van der Waals surface area contributed by atoms with Crippen molar-refractivity contribution in [1.82, 2.24) is 0 Å². The minimum atomic E-state index is -4.96. The third-order valence-corrected chi connectivity index (χ3v) is 20.7. The SMILES string of the molecule is CCCCCCCCCCCCCCCC(=O)O[C@H](COC(=O)CCCCCCCCCC)COP(=O)(O)OC[C@H](O)COP(=O)(O)OC[C@@H](COC(=O)CCCCCCCCCCCCCCC(C)C)OC(=O)CCCCCCCCCCCCCCCCCCCCC(C)CC. The molecule has 0 aromatic rings. The standard InChI is InChI=1S/C79H154O17P2/c1-7-10-12-14-16-18-19-26-34-39-45-51-57-63-78(83)95-74(67-89-76(81)61-55-49-43-17-15-13-11-8-2)69-93-97(85,86)91-65-73(80)66-92-98(87,88)94-70-75(68-90-77(82)62-56-50-44-38-33-30-29-31-36-41-47-53-59-71(4)5)96-79(84)64-58-52-46-40-35-28-25-23-21-20-22-24-27-32-37-42-48-54-60-72(6)9-3/h71-75,80H,7-70H2,1-6H3,(H,85,86)(H,87,88)/t72?,73-,74+,75+/m0/s1. The lowest BCUT2D eigenvalue weighted by atomic mass is 9.99. The molecule has 0 aliphatic carbocycles. The number of aliphatic hydroxyl groups is 1. The minimum absolute atomic E-state index is 0.108. The number of ether oxygens (including phenoxy) is 4. The van der Waals surface area contributed by atoms with Crippen LogP contribution in [0.5, 0.6) is 0 Å². The Morgan fingerprint density at radius 3 is 0.776 bits per heavy atom. The molecule has 0 radical (unpaired) electrons. The summed E-state index contributed by atoms with van der Waals surface area (Å²) in [5.74, 6) is -0.460. The van der Waals surface area contributed by atoms with Gasteiger partial charge in [0.1, 0.15) is 19.3 Å². The molecule has 0 rings (SSSR count). The summed E-state index contributed by atoms with van der Waals surface area (Å²) in [7, 11) is -9.91. The van der Waals surface area contributed by atoms with Crippen LogP contribution in [-0.2, 0) is 65.4 Å². The Balaban J connectivity index is 5.18. The van der Waals surface area contributed by atoms with Crippen molar-refractivity contribution in [1.29, 1.82) is 0 Å². The fraction of sp³-hybridized carbons (Fsp3) is 0.949.